The third kappa shape index (κ3) is 4.16. The lowest BCUT2D eigenvalue weighted by atomic mass is 10.1. The average molecular weight is 169 g/mol. The van der Waals surface area contributed by atoms with Gasteiger partial charge in [-0.1, -0.05) is 13.8 Å². The van der Waals surface area contributed by atoms with Crippen LogP contribution in [0.1, 0.15) is 34.1 Å². The maximum absolute atomic E-state index is 5.39. The van der Waals surface area contributed by atoms with Crippen LogP contribution in [0.5, 0.6) is 0 Å². The number of rotatable bonds is 3. The van der Waals surface area contributed by atoms with E-state index in [1.165, 1.54) is 0 Å². The number of hydrogen-bond acceptors (Lipinski definition) is 2. The van der Waals surface area contributed by atoms with Crippen LogP contribution in [0, 0.1) is 5.92 Å². The lowest BCUT2D eigenvalue weighted by molar-refractivity contribution is 0.420. The summed E-state index contributed by atoms with van der Waals surface area (Å²) in [4.78, 5) is 4.08. The largest absolute Gasteiger partial charge is 0.451 e. The van der Waals surface area contributed by atoms with Gasteiger partial charge in [0.15, 0.2) is 5.90 Å². The Morgan fingerprint density at radius 1 is 1.50 bits per heavy atom. The van der Waals surface area contributed by atoms with Crippen LogP contribution in [0.25, 0.3) is 0 Å². The highest BCUT2D eigenvalue weighted by molar-refractivity contribution is 5.78. The molecule has 0 fully saturated rings. The first-order chi connectivity index (χ1) is 5.61. The molecule has 0 radical (unpaired) electrons. The van der Waals surface area contributed by atoms with Gasteiger partial charge in [0.2, 0.25) is 0 Å². The van der Waals surface area contributed by atoms with Gasteiger partial charge in [-0.3, -0.25) is 4.99 Å². The van der Waals surface area contributed by atoms with Crippen molar-refractivity contribution in [1.29, 1.82) is 0 Å². The van der Waals surface area contributed by atoms with Crippen LogP contribution in [0.15, 0.2) is 16.8 Å². The van der Waals surface area contributed by atoms with E-state index < -0.39 is 0 Å². The van der Waals surface area contributed by atoms with Gasteiger partial charge in [0.25, 0.3) is 0 Å². The summed E-state index contributed by atoms with van der Waals surface area (Å²) in [5.41, 5.74) is 1.15. The predicted molar refractivity (Wildman–Crippen MR) is 53.3 cm³/mol. The number of hydrogen-bond donors (Lipinski definition) is 0. The van der Waals surface area contributed by atoms with Crippen LogP contribution in [0.2, 0.25) is 0 Å². The lowest BCUT2D eigenvalue weighted by Gasteiger charge is -2.10. The maximum atomic E-state index is 5.39. The van der Waals surface area contributed by atoms with E-state index in [2.05, 4.69) is 18.8 Å². The smallest absolute Gasteiger partial charge is 0.191 e. The molecular formula is C10H19NO. The zero-order valence-corrected chi connectivity index (χ0v) is 8.72. The van der Waals surface area contributed by atoms with Crippen molar-refractivity contribution in [3.05, 3.63) is 11.8 Å². The van der Waals surface area contributed by atoms with E-state index in [9.17, 15) is 0 Å². The molecule has 0 aromatic carbocycles. The molecule has 0 aliphatic rings. The molecule has 2 heteroatoms. The predicted octanol–water partition coefficient (Wildman–Crippen LogP) is 3.00. The van der Waals surface area contributed by atoms with E-state index in [4.69, 9.17) is 4.74 Å². The third-order valence-corrected chi connectivity index (χ3v) is 1.67. The minimum absolute atomic E-state index is 0.408. The summed E-state index contributed by atoms with van der Waals surface area (Å²) in [6, 6.07) is 0. The van der Waals surface area contributed by atoms with Gasteiger partial charge in [-0.2, -0.15) is 0 Å². The highest BCUT2D eigenvalue weighted by atomic mass is 16.5. The molecule has 12 heavy (non-hydrogen) atoms. The lowest BCUT2D eigenvalue weighted by Crippen LogP contribution is -2.11. The Balaban J connectivity index is 4.11. The molecule has 0 N–H and O–H groups in total. The summed E-state index contributed by atoms with van der Waals surface area (Å²) in [6.07, 6.45) is 2.80. The normalized spacial score (nSPS) is 13.9. The van der Waals surface area contributed by atoms with E-state index in [1.807, 2.05) is 13.8 Å². The molecule has 0 bridgehead atoms. The number of nitrogens with zero attached hydrogens (tertiary/aromatic N) is 1. The summed E-state index contributed by atoms with van der Waals surface area (Å²) < 4.78 is 5.39. The molecule has 0 aliphatic carbocycles. The van der Waals surface area contributed by atoms with Gasteiger partial charge >= 0.3 is 0 Å². The first kappa shape index (κ1) is 11.2. The van der Waals surface area contributed by atoms with Crippen molar-refractivity contribution in [3.63, 3.8) is 0 Å². The van der Waals surface area contributed by atoms with Crippen LogP contribution >= 0.6 is 0 Å². The van der Waals surface area contributed by atoms with Gasteiger partial charge in [0.1, 0.15) is 0 Å². The molecule has 1 unspecified atom stereocenters. The van der Waals surface area contributed by atoms with Gasteiger partial charge in [-0.15, -0.1) is 0 Å². The van der Waals surface area contributed by atoms with Crippen molar-refractivity contribution >= 4 is 5.90 Å². The molecule has 0 heterocycles. The Bertz CT molecular complexity index is 178. The molecule has 0 saturated heterocycles. The second kappa shape index (κ2) is 5.81. The van der Waals surface area contributed by atoms with Crippen LogP contribution < -0.4 is 0 Å². The summed E-state index contributed by atoms with van der Waals surface area (Å²) in [5.74, 6) is 1.23. The van der Waals surface area contributed by atoms with E-state index in [0.29, 0.717) is 5.92 Å². The molecule has 0 rings (SSSR count). The standard InChI is InChI=1S/C10H19NO/c1-6-9(4)10(11-5)12-7-8(2)3/h7,9H,6H2,1-5H3. The molecule has 0 aromatic rings. The third-order valence-electron chi connectivity index (χ3n) is 1.67. The minimum Gasteiger partial charge on any atom is -0.451 e. The highest BCUT2D eigenvalue weighted by Crippen LogP contribution is 2.06. The fourth-order valence-electron chi connectivity index (χ4n) is 0.742. The molecule has 0 spiro atoms. The van der Waals surface area contributed by atoms with Crippen LogP contribution in [-0.2, 0) is 4.74 Å². The van der Waals surface area contributed by atoms with Crippen LogP contribution in [0.3, 0.4) is 0 Å². The maximum Gasteiger partial charge on any atom is 0.191 e. The minimum atomic E-state index is 0.408. The fourth-order valence-corrected chi connectivity index (χ4v) is 0.742. The molecule has 0 amide bonds. The second-order valence-electron chi connectivity index (χ2n) is 3.18. The van der Waals surface area contributed by atoms with Crippen LogP contribution in [-0.4, -0.2) is 12.9 Å². The Morgan fingerprint density at radius 2 is 2.08 bits per heavy atom. The van der Waals surface area contributed by atoms with Crippen molar-refractivity contribution in [2.45, 2.75) is 34.1 Å². The van der Waals surface area contributed by atoms with Crippen LogP contribution in [0.4, 0.5) is 0 Å². The SMILES string of the molecule is CCC(C)C(=NC)OC=C(C)C. The Labute approximate surface area is 75.3 Å². The number of aliphatic imine (C=N–C) groups is 1. The van der Waals surface area contributed by atoms with Crippen molar-refractivity contribution in [3.8, 4) is 0 Å². The summed E-state index contributed by atoms with van der Waals surface area (Å²) in [5, 5.41) is 0. The molecule has 2 nitrogen and oxygen atoms in total. The molecule has 0 aromatic heterocycles. The second-order valence-corrected chi connectivity index (χ2v) is 3.18. The fraction of sp³-hybridized carbons (Fsp3) is 0.700. The van der Waals surface area contributed by atoms with E-state index in [1.54, 1.807) is 13.3 Å². The topological polar surface area (TPSA) is 21.6 Å². The van der Waals surface area contributed by atoms with E-state index >= 15 is 0 Å². The zero-order chi connectivity index (χ0) is 9.56. The quantitative estimate of drug-likeness (QED) is 0.361. The summed E-state index contributed by atoms with van der Waals surface area (Å²) in [7, 11) is 1.76. The number of allylic oxidation sites excluding steroid dienone is 1. The molecule has 0 aliphatic heterocycles. The zero-order valence-electron chi connectivity index (χ0n) is 8.72. The Morgan fingerprint density at radius 3 is 2.42 bits per heavy atom. The van der Waals surface area contributed by atoms with Crippen molar-refractivity contribution in [2.24, 2.45) is 10.9 Å². The summed E-state index contributed by atoms with van der Waals surface area (Å²) >= 11 is 0. The molecule has 1 atom stereocenters. The first-order valence-corrected chi connectivity index (χ1v) is 4.38. The molecular weight excluding hydrogens is 150 g/mol. The monoisotopic (exact) mass is 169 g/mol. The summed E-state index contributed by atoms with van der Waals surface area (Å²) in [6.45, 7) is 8.25. The number of ether oxygens (including phenoxy) is 1. The Kier molecular flexibility index (Phi) is 5.43. The van der Waals surface area contributed by atoms with Gasteiger partial charge in [-0.25, -0.2) is 0 Å². The van der Waals surface area contributed by atoms with Crippen molar-refractivity contribution < 1.29 is 4.74 Å². The van der Waals surface area contributed by atoms with E-state index in [-0.39, 0.29) is 0 Å². The van der Waals surface area contributed by atoms with Gasteiger partial charge in [0, 0.05) is 13.0 Å². The van der Waals surface area contributed by atoms with Crippen molar-refractivity contribution in [2.75, 3.05) is 7.05 Å². The Hall–Kier alpha value is -0.790. The highest BCUT2D eigenvalue weighted by Gasteiger charge is 2.07. The van der Waals surface area contributed by atoms with Gasteiger partial charge in [0.05, 0.1) is 6.26 Å². The molecule has 70 valence electrons. The average Bonchev–Trinajstić information content (AvgIpc) is 2.04. The van der Waals surface area contributed by atoms with Gasteiger partial charge < -0.3 is 4.74 Å². The molecule has 0 saturated carbocycles. The van der Waals surface area contributed by atoms with E-state index in [0.717, 1.165) is 17.9 Å². The van der Waals surface area contributed by atoms with Crippen molar-refractivity contribution in [1.82, 2.24) is 0 Å². The first-order valence-electron chi connectivity index (χ1n) is 4.38. The van der Waals surface area contributed by atoms with Gasteiger partial charge in [-0.05, 0) is 25.8 Å².